The number of hydrogen-bond donors (Lipinski definition) is 0. The molecule has 1 aromatic rings. The Hall–Kier alpha value is -1.10. The minimum Gasteiger partial charge on any atom is -0.465 e. The average molecular weight is 461 g/mol. The third kappa shape index (κ3) is 4.81. The van der Waals surface area contributed by atoms with Gasteiger partial charge in [0.15, 0.2) is 0 Å². The lowest BCUT2D eigenvalue weighted by Gasteiger charge is -2.27. The molecule has 29 heavy (non-hydrogen) atoms. The molecule has 2 aliphatic rings. The second kappa shape index (κ2) is 9.80. The largest absolute Gasteiger partial charge is 0.465 e. The molecule has 162 valence electrons. The Balaban J connectivity index is 1.98. The van der Waals surface area contributed by atoms with Gasteiger partial charge in [-0.15, -0.1) is 11.3 Å². The van der Waals surface area contributed by atoms with Crippen LogP contribution >= 0.6 is 23.1 Å². The second-order valence-electron chi connectivity index (χ2n) is 7.33. The zero-order valence-electron chi connectivity index (χ0n) is 16.9. The zero-order chi connectivity index (χ0) is 21.0. The molecule has 0 unspecified atom stereocenters. The molecule has 7 nitrogen and oxygen atoms in total. The van der Waals surface area contributed by atoms with Crippen molar-refractivity contribution in [2.75, 3.05) is 38.8 Å². The van der Waals surface area contributed by atoms with Crippen LogP contribution in [0.1, 0.15) is 52.9 Å². The number of thioether (sulfide) groups is 1. The summed E-state index contributed by atoms with van der Waals surface area (Å²) in [5.41, 5.74) is 0.896. The smallest absolute Gasteiger partial charge is 0.340 e. The van der Waals surface area contributed by atoms with E-state index in [2.05, 4.69) is 0 Å². The number of ether oxygens (including phenoxy) is 1. The first kappa shape index (κ1) is 22.6. The molecule has 0 atom stereocenters. The summed E-state index contributed by atoms with van der Waals surface area (Å²) in [7, 11) is -2.51. The van der Waals surface area contributed by atoms with Crippen LogP contribution < -0.4 is 0 Å². The van der Waals surface area contributed by atoms with Crippen molar-refractivity contribution in [3.05, 3.63) is 16.0 Å². The summed E-state index contributed by atoms with van der Waals surface area (Å²) < 4.78 is 33.5. The van der Waals surface area contributed by atoms with Crippen molar-refractivity contribution in [1.29, 1.82) is 0 Å². The Labute approximate surface area is 180 Å². The van der Waals surface area contributed by atoms with Gasteiger partial charge in [0.2, 0.25) is 5.91 Å². The van der Waals surface area contributed by atoms with Crippen LogP contribution in [0.5, 0.6) is 0 Å². The highest BCUT2D eigenvalue weighted by atomic mass is 32.2. The van der Waals surface area contributed by atoms with Crippen molar-refractivity contribution in [2.24, 2.45) is 0 Å². The average Bonchev–Trinajstić information content (AvgIpc) is 3.06. The van der Waals surface area contributed by atoms with Gasteiger partial charge in [0.05, 0.1) is 25.0 Å². The van der Waals surface area contributed by atoms with E-state index in [1.807, 2.05) is 6.26 Å². The maximum atomic E-state index is 13.5. The maximum Gasteiger partial charge on any atom is 0.340 e. The summed E-state index contributed by atoms with van der Waals surface area (Å²) in [5.74, 6) is -0.190. The number of amides is 1. The first-order chi connectivity index (χ1) is 13.9. The highest BCUT2D eigenvalue weighted by Gasteiger charge is 2.37. The van der Waals surface area contributed by atoms with Gasteiger partial charge in [0.25, 0.3) is 10.0 Å². The normalized spacial score (nSPS) is 18.6. The van der Waals surface area contributed by atoms with Crippen LogP contribution in [0.3, 0.4) is 0 Å². The lowest BCUT2D eigenvalue weighted by molar-refractivity contribution is -0.129. The molecule has 1 saturated heterocycles. The number of carbonyl (C=O) groups excluding carboxylic acids is 2. The molecule has 0 saturated carbocycles. The lowest BCUT2D eigenvalue weighted by Crippen LogP contribution is -2.36. The summed E-state index contributed by atoms with van der Waals surface area (Å²) in [4.78, 5) is 27.4. The van der Waals surface area contributed by atoms with Gasteiger partial charge in [-0.05, 0) is 31.1 Å². The molecule has 0 radical (unpaired) electrons. The van der Waals surface area contributed by atoms with E-state index in [1.54, 1.807) is 4.90 Å². The van der Waals surface area contributed by atoms with Gasteiger partial charge in [-0.1, -0.05) is 19.3 Å². The lowest BCUT2D eigenvalue weighted by atomic mass is 10.0. The Kier molecular flexibility index (Phi) is 7.63. The molecule has 0 spiro atoms. The maximum absolute atomic E-state index is 13.5. The topological polar surface area (TPSA) is 84.0 Å². The number of methoxy groups -OCH3 is 1. The van der Waals surface area contributed by atoms with Crippen molar-refractivity contribution in [2.45, 2.75) is 49.3 Å². The zero-order valence-corrected chi connectivity index (χ0v) is 19.4. The highest BCUT2D eigenvalue weighted by molar-refractivity contribution is 7.99. The summed E-state index contributed by atoms with van der Waals surface area (Å²) in [6.45, 7) is 1.78. The fourth-order valence-electron chi connectivity index (χ4n) is 3.87. The van der Waals surface area contributed by atoms with Crippen molar-refractivity contribution in [3.63, 3.8) is 0 Å². The van der Waals surface area contributed by atoms with Crippen LogP contribution in [-0.4, -0.2) is 68.3 Å². The van der Waals surface area contributed by atoms with Gasteiger partial charge in [-0.25, -0.2) is 13.2 Å². The molecule has 1 aromatic heterocycles. The van der Waals surface area contributed by atoms with E-state index in [0.717, 1.165) is 53.9 Å². The van der Waals surface area contributed by atoms with Gasteiger partial charge >= 0.3 is 5.97 Å². The van der Waals surface area contributed by atoms with E-state index < -0.39 is 16.0 Å². The number of carbonyl (C=O) groups is 2. The van der Waals surface area contributed by atoms with Gasteiger partial charge in [-0.3, -0.25) is 4.79 Å². The number of rotatable bonds is 5. The Morgan fingerprint density at radius 1 is 1.10 bits per heavy atom. The van der Waals surface area contributed by atoms with Crippen molar-refractivity contribution in [3.8, 4) is 0 Å². The third-order valence-electron chi connectivity index (χ3n) is 5.42. The highest BCUT2D eigenvalue weighted by Crippen LogP contribution is 2.38. The Morgan fingerprint density at radius 3 is 2.38 bits per heavy atom. The Bertz CT molecular complexity index is 857. The number of nitrogens with zero attached hydrogens (tertiary/aromatic N) is 2. The fraction of sp³-hybridized carbons (Fsp3) is 0.684. The monoisotopic (exact) mass is 460 g/mol. The van der Waals surface area contributed by atoms with Gasteiger partial charge in [-0.2, -0.15) is 16.1 Å². The predicted octanol–water partition coefficient (Wildman–Crippen LogP) is 2.74. The molecule has 0 N–H and O–H groups in total. The van der Waals surface area contributed by atoms with Crippen LogP contribution in [0.2, 0.25) is 0 Å². The van der Waals surface area contributed by atoms with E-state index in [0.29, 0.717) is 38.4 Å². The fourth-order valence-corrected chi connectivity index (χ4v) is 7.86. The SMILES string of the molecule is COC(=O)c1c(S(=O)(=O)N2CCCCCCC2)sc2c1CCN(C(=O)CSC)C2. The summed E-state index contributed by atoms with van der Waals surface area (Å²) in [5, 5.41) is 0. The van der Waals surface area contributed by atoms with Crippen LogP contribution in [0.15, 0.2) is 4.21 Å². The van der Waals surface area contributed by atoms with E-state index in [4.69, 9.17) is 4.74 Å². The van der Waals surface area contributed by atoms with Crippen molar-refractivity contribution >= 4 is 45.0 Å². The minimum atomic E-state index is -3.79. The number of thiophene rings is 1. The summed E-state index contributed by atoms with van der Waals surface area (Å²) in [6, 6.07) is 0. The van der Waals surface area contributed by atoms with Crippen LogP contribution in [0.4, 0.5) is 0 Å². The van der Waals surface area contributed by atoms with E-state index >= 15 is 0 Å². The molecular formula is C19H28N2O5S3. The van der Waals surface area contributed by atoms with Crippen molar-refractivity contribution < 1.29 is 22.7 Å². The third-order valence-corrected chi connectivity index (χ3v) is 9.57. The minimum absolute atomic E-state index is 0.0318. The van der Waals surface area contributed by atoms with Gasteiger partial charge in [0.1, 0.15) is 4.21 Å². The molecular weight excluding hydrogens is 432 g/mol. The number of sulfonamides is 1. The molecule has 10 heteroatoms. The molecule has 3 heterocycles. The number of hydrogen-bond acceptors (Lipinski definition) is 7. The second-order valence-corrected chi connectivity index (χ2v) is 11.4. The summed E-state index contributed by atoms with van der Waals surface area (Å²) in [6.07, 6.45) is 7.17. The Morgan fingerprint density at radius 2 is 1.76 bits per heavy atom. The molecule has 3 rings (SSSR count). The van der Waals surface area contributed by atoms with Crippen LogP contribution in [0, 0.1) is 0 Å². The first-order valence-corrected chi connectivity index (χ1v) is 13.5. The van der Waals surface area contributed by atoms with Crippen LogP contribution in [-0.2, 0) is 32.5 Å². The molecule has 1 amide bonds. The molecule has 2 aliphatic heterocycles. The quantitative estimate of drug-likeness (QED) is 0.628. The first-order valence-electron chi connectivity index (χ1n) is 9.90. The van der Waals surface area contributed by atoms with Gasteiger partial charge in [0, 0.05) is 24.5 Å². The van der Waals surface area contributed by atoms with Gasteiger partial charge < -0.3 is 9.64 Å². The molecule has 0 bridgehead atoms. The molecule has 1 fully saturated rings. The van der Waals surface area contributed by atoms with Crippen molar-refractivity contribution in [1.82, 2.24) is 9.21 Å². The molecule has 0 aliphatic carbocycles. The van der Waals surface area contributed by atoms with E-state index in [1.165, 1.54) is 23.2 Å². The molecule has 0 aromatic carbocycles. The number of fused-ring (bicyclic) bond motifs is 1. The standard InChI is InChI=1S/C19H28N2O5S3/c1-26-18(23)17-14-8-11-20(16(22)13-27-2)12-15(14)28-19(17)29(24,25)21-9-6-4-3-5-7-10-21/h3-13H2,1-2H3. The van der Waals surface area contributed by atoms with E-state index in [9.17, 15) is 18.0 Å². The van der Waals surface area contributed by atoms with Crippen LogP contribution in [0.25, 0.3) is 0 Å². The summed E-state index contributed by atoms with van der Waals surface area (Å²) >= 11 is 2.59. The van der Waals surface area contributed by atoms with E-state index in [-0.39, 0.29) is 15.7 Å². The predicted molar refractivity (Wildman–Crippen MR) is 115 cm³/mol. The number of esters is 1.